The van der Waals surface area contributed by atoms with Gasteiger partial charge < -0.3 is 10.1 Å². The molecule has 2 heterocycles. The average Bonchev–Trinajstić information content (AvgIpc) is 2.91. The van der Waals surface area contributed by atoms with Gasteiger partial charge in [0.1, 0.15) is 11.1 Å². The van der Waals surface area contributed by atoms with E-state index in [-0.39, 0.29) is 0 Å². The molecule has 0 bridgehead atoms. The van der Waals surface area contributed by atoms with Gasteiger partial charge in [-0.3, -0.25) is 5.10 Å². The number of nitrogens with zero attached hydrogens (tertiary/aromatic N) is 3. The largest absolute Gasteiger partial charge is 0.436 e. The maximum Gasteiger partial charge on any atom is 0.235 e. The van der Waals surface area contributed by atoms with Gasteiger partial charge in [0.2, 0.25) is 11.8 Å². The Balaban J connectivity index is 2.09. The first-order chi connectivity index (χ1) is 9.67. The Kier molecular flexibility index (Phi) is 3.33. The Hall–Kier alpha value is -2.05. The quantitative estimate of drug-likeness (QED) is 0.774. The number of H-pyrrole nitrogens is 1. The van der Waals surface area contributed by atoms with Crippen LogP contribution >= 0.6 is 23.2 Å². The zero-order valence-electron chi connectivity index (χ0n) is 10.3. The lowest BCUT2D eigenvalue weighted by atomic mass is 10.3. The van der Waals surface area contributed by atoms with Crippen LogP contribution in [0.3, 0.4) is 0 Å². The predicted octanol–water partition coefficient (Wildman–Crippen LogP) is 3.49. The van der Waals surface area contributed by atoms with E-state index in [1.807, 2.05) is 0 Å². The summed E-state index contributed by atoms with van der Waals surface area (Å²) >= 11 is 12.0. The predicted molar refractivity (Wildman–Crippen MR) is 77.8 cm³/mol. The SMILES string of the molecule is CNc1nc(Oc2cc(Cl)ccc2Cl)c2cn[nH]c2n1. The fourth-order valence-electron chi connectivity index (χ4n) is 1.66. The van der Waals surface area contributed by atoms with E-state index in [2.05, 4.69) is 25.5 Å². The number of anilines is 1. The molecule has 0 aliphatic carbocycles. The number of benzene rings is 1. The van der Waals surface area contributed by atoms with Crippen LogP contribution < -0.4 is 10.1 Å². The summed E-state index contributed by atoms with van der Waals surface area (Å²) in [5.41, 5.74) is 0.567. The molecule has 8 heteroatoms. The first-order valence-electron chi connectivity index (χ1n) is 5.69. The molecule has 3 aromatic rings. The molecule has 20 heavy (non-hydrogen) atoms. The van der Waals surface area contributed by atoms with Gasteiger partial charge in [0.25, 0.3) is 0 Å². The Morgan fingerprint density at radius 2 is 2.10 bits per heavy atom. The highest BCUT2D eigenvalue weighted by Gasteiger charge is 2.13. The highest BCUT2D eigenvalue weighted by molar-refractivity contribution is 6.34. The Bertz CT molecular complexity index is 774. The number of ether oxygens (including phenoxy) is 1. The number of aromatic nitrogens is 4. The fourth-order valence-corrected chi connectivity index (χ4v) is 1.98. The lowest BCUT2D eigenvalue weighted by Gasteiger charge is -2.09. The third kappa shape index (κ3) is 2.35. The van der Waals surface area contributed by atoms with E-state index in [1.165, 1.54) is 0 Å². The van der Waals surface area contributed by atoms with Gasteiger partial charge in [-0.15, -0.1) is 0 Å². The van der Waals surface area contributed by atoms with Crippen molar-refractivity contribution in [2.75, 3.05) is 12.4 Å². The molecule has 0 spiro atoms. The molecule has 0 unspecified atom stereocenters. The number of hydrogen-bond donors (Lipinski definition) is 2. The molecule has 2 N–H and O–H groups in total. The molecule has 3 rings (SSSR count). The van der Waals surface area contributed by atoms with Crippen LogP contribution in [0.2, 0.25) is 10.0 Å². The minimum atomic E-state index is 0.345. The van der Waals surface area contributed by atoms with Crippen molar-refractivity contribution < 1.29 is 4.74 Å². The monoisotopic (exact) mass is 309 g/mol. The van der Waals surface area contributed by atoms with E-state index in [1.54, 1.807) is 31.4 Å². The number of nitrogens with one attached hydrogen (secondary N) is 2. The smallest absolute Gasteiger partial charge is 0.235 e. The van der Waals surface area contributed by atoms with Crippen molar-refractivity contribution in [2.45, 2.75) is 0 Å². The van der Waals surface area contributed by atoms with E-state index < -0.39 is 0 Å². The lowest BCUT2D eigenvalue weighted by molar-refractivity contribution is 0.469. The van der Waals surface area contributed by atoms with E-state index in [4.69, 9.17) is 27.9 Å². The molecule has 0 amide bonds. The van der Waals surface area contributed by atoms with Crippen LogP contribution in [0.15, 0.2) is 24.4 Å². The standard InChI is InChI=1S/C12H9Cl2N5O/c1-15-12-17-10-7(5-16-19-10)11(18-12)20-9-4-6(13)2-3-8(9)14/h2-5H,1H3,(H2,15,16,17,18,19). The molecule has 0 saturated heterocycles. The second-order valence-electron chi connectivity index (χ2n) is 3.91. The Morgan fingerprint density at radius 1 is 1.25 bits per heavy atom. The molecule has 6 nitrogen and oxygen atoms in total. The summed E-state index contributed by atoms with van der Waals surface area (Å²) in [6, 6.07) is 4.96. The summed E-state index contributed by atoms with van der Waals surface area (Å²) in [5.74, 6) is 1.18. The van der Waals surface area contributed by atoms with E-state index in [0.29, 0.717) is 38.7 Å². The fraction of sp³-hybridized carbons (Fsp3) is 0.0833. The maximum absolute atomic E-state index is 6.08. The molecule has 0 aliphatic heterocycles. The summed E-state index contributed by atoms with van der Waals surface area (Å²) in [6.07, 6.45) is 1.59. The van der Waals surface area contributed by atoms with Crippen LogP contribution in [-0.4, -0.2) is 27.2 Å². The van der Waals surface area contributed by atoms with Gasteiger partial charge in [-0.05, 0) is 12.1 Å². The summed E-state index contributed by atoms with van der Waals surface area (Å²) in [6.45, 7) is 0. The van der Waals surface area contributed by atoms with E-state index in [0.717, 1.165) is 0 Å². The first kappa shape index (κ1) is 13.0. The molecule has 1 aromatic carbocycles. The molecule has 0 fully saturated rings. The van der Waals surface area contributed by atoms with Crippen LogP contribution in [0.5, 0.6) is 11.6 Å². The van der Waals surface area contributed by atoms with Crippen LogP contribution in [0.25, 0.3) is 11.0 Å². The minimum Gasteiger partial charge on any atom is -0.436 e. The number of aromatic amines is 1. The Morgan fingerprint density at radius 3 is 2.90 bits per heavy atom. The molecular weight excluding hydrogens is 301 g/mol. The van der Waals surface area contributed by atoms with Gasteiger partial charge >= 0.3 is 0 Å². The highest BCUT2D eigenvalue weighted by atomic mass is 35.5. The normalized spacial score (nSPS) is 10.8. The van der Waals surface area contributed by atoms with Gasteiger partial charge in [-0.25, -0.2) is 0 Å². The molecule has 2 aromatic heterocycles. The van der Waals surface area contributed by atoms with Crippen LogP contribution in [0.4, 0.5) is 5.95 Å². The van der Waals surface area contributed by atoms with Crippen molar-refractivity contribution in [2.24, 2.45) is 0 Å². The highest BCUT2D eigenvalue weighted by Crippen LogP contribution is 2.33. The second-order valence-corrected chi connectivity index (χ2v) is 4.76. The third-order valence-electron chi connectivity index (χ3n) is 2.60. The van der Waals surface area contributed by atoms with Crippen molar-refractivity contribution >= 4 is 40.2 Å². The number of hydrogen-bond acceptors (Lipinski definition) is 5. The summed E-state index contributed by atoms with van der Waals surface area (Å²) < 4.78 is 5.74. The van der Waals surface area contributed by atoms with Crippen LogP contribution in [0.1, 0.15) is 0 Å². The van der Waals surface area contributed by atoms with Gasteiger partial charge in [-0.1, -0.05) is 23.2 Å². The molecule has 0 saturated carbocycles. The Labute approximate surface area is 124 Å². The van der Waals surface area contributed by atoms with Crippen LogP contribution in [-0.2, 0) is 0 Å². The van der Waals surface area contributed by atoms with E-state index in [9.17, 15) is 0 Å². The topological polar surface area (TPSA) is 75.7 Å². The van der Waals surface area contributed by atoms with E-state index >= 15 is 0 Å². The molecule has 0 radical (unpaired) electrons. The zero-order valence-corrected chi connectivity index (χ0v) is 11.8. The summed E-state index contributed by atoms with van der Waals surface area (Å²) in [5, 5.41) is 11.2. The van der Waals surface area contributed by atoms with Crippen molar-refractivity contribution in [1.29, 1.82) is 0 Å². The lowest BCUT2D eigenvalue weighted by Crippen LogP contribution is -1.99. The average molecular weight is 310 g/mol. The third-order valence-corrected chi connectivity index (χ3v) is 3.15. The van der Waals surface area contributed by atoms with Gasteiger partial charge in [-0.2, -0.15) is 15.1 Å². The summed E-state index contributed by atoms with van der Waals surface area (Å²) in [4.78, 5) is 8.47. The number of fused-ring (bicyclic) bond motifs is 1. The first-order valence-corrected chi connectivity index (χ1v) is 6.45. The van der Waals surface area contributed by atoms with Crippen molar-refractivity contribution in [3.8, 4) is 11.6 Å². The zero-order chi connectivity index (χ0) is 14.1. The maximum atomic E-state index is 6.08. The molecule has 102 valence electrons. The molecule has 0 aliphatic rings. The number of rotatable bonds is 3. The van der Waals surface area contributed by atoms with Gasteiger partial charge in [0.05, 0.1) is 11.2 Å². The number of halogens is 2. The van der Waals surface area contributed by atoms with Crippen LogP contribution in [0, 0.1) is 0 Å². The van der Waals surface area contributed by atoms with Crippen molar-refractivity contribution in [3.05, 3.63) is 34.4 Å². The summed E-state index contributed by atoms with van der Waals surface area (Å²) in [7, 11) is 1.72. The molecular formula is C12H9Cl2N5O. The second kappa shape index (κ2) is 5.15. The van der Waals surface area contributed by atoms with Gasteiger partial charge in [0.15, 0.2) is 5.65 Å². The van der Waals surface area contributed by atoms with Crippen molar-refractivity contribution in [3.63, 3.8) is 0 Å². The van der Waals surface area contributed by atoms with Gasteiger partial charge in [0, 0.05) is 18.1 Å². The molecule has 0 atom stereocenters. The van der Waals surface area contributed by atoms with Crippen molar-refractivity contribution in [1.82, 2.24) is 20.2 Å². The minimum absolute atomic E-state index is 0.345.